The Morgan fingerprint density at radius 3 is 3.00 bits per heavy atom. The molecule has 4 N–H and O–H groups in total. The molecule has 0 saturated carbocycles. The predicted molar refractivity (Wildman–Crippen MR) is 73.7 cm³/mol. The summed E-state index contributed by atoms with van der Waals surface area (Å²) in [6.45, 7) is 3.66. The fraction of sp³-hybridized carbons (Fsp3) is 0.385. The van der Waals surface area contributed by atoms with Crippen molar-refractivity contribution in [3.63, 3.8) is 0 Å². The maximum atomic E-state index is 11.9. The number of aryl methyl sites for hydroxylation is 1. The molecule has 1 aromatic rings. The molecule has 0 atom stereocenters. The topological polar surface area (TPSA) is 87.5 Å². The van der Waals surface area contributed by atoms with Crippen LogP contribution < -0.4 is 16.4 Å². The number of piperazine rings is 1. The summed E-state index contributed by atoms with van der Waals surface area (Å²) in [5.41, 5.74) is 8.09. The molecule has 1 aliphatic heterocycles. The first kappa shape index (κ1) is 13.4. The van der Waals surface area contributed by atoms with Gasteiger partial charge in [-0.2, -0.15) is 0 Å². The number of nitrogens with two attached hydrogens (primary N) is 1. The summed E-state index contributed by atoms with van der Waals surface area (Å²) in [4.78, 5) is 24.9. The third-order valence-electron chi connectivity index (χ3n) is 3.05. The summed E-state index contributed by atoms with van der Waals surface area (Å²) in [6.07, 6.45) is 0. The van der Waals surface area contributed by atoms with Gasteiger partial charge in [0, 0.05) is 24.5 Å². The van der Waals surface area contributed by atoms with Crippen LogP contribution in [0, 0.1) is 6.92 Å². The molecule has 0 spiro atoms. The highest BCUT2D eigenvalue weighted by molar-refractivity contribution is 5.93. The van der Waals surface area contributed by atoms with Gasteiger partial charge in [-0.3, -0.25) is 14.5 Å². The number of nitrogen functional groups attached to an aromatic ring is 1. The SMILES string of the molecule is Cc1ccc(NC(=O)CN2CCNC(=O)C2)cc1N. The van der Waals surface area contributed by atoms with Crippen molar-refractivity contribution in [1.82, 2.24) is 10.2 Å². The Labute approximate surface area is 112 Å². The quantitative estimate of drug-likeness (QED) is 0.666. The Hall–Kier alpha value is -2.08. The highest BCUT2D eigenvalue weighted by Gasteiger charge is 2.18. The van der Waals surface area contributed by atoms with E-state index in [4.69, 9.17) is 5.73 Å². The largest absolute Gasteiger partial charge is 0.398 e. The molecule has 2 rings (SSSR count). The summed E-state index contributed by atoms with van der Waals surface area (Å²) in [5.74, 6) is -0.184. The van der Waals surface area contributed by atoms with Crippen molar-refractivity contribution in [3.8, 4) is 0 Å². The van der Waals surface area contributed by atoms with E-state index >= 15 is 0 Å². The zero-order valence-electron chi connectivity index (χ0n) is 10.9. The lowest BCUT2D eigenvalue weighted by Crippen LogP contribution is -2.49. The summed E-state index contributed by atoms with van der Waals surface area (Å²) in [6, 6.07) is 5.40. The average Bonchev–Trinajstić information content (AvgIpc) is 2.34. The van der Waals surface area contributed by atoms with Crippen molar-refractivity contribution in [2.45, 2.75) is 6.92 Å². The molecule has 102 valence electrons. The third-order valence-corrected chi connectivity index (χ3v) is 3.05. The molecule has 0 bridgehead atoms. The lowest BCUT2D eigenvalue weighted by molar-refractivity contribution is -0.125. The van der Waals surface area contributed by atoms with Crippen LogP contribution in [0.15, 0.2) is 18.2 Å². The molecule has 1 heterocycles. The second-order valence-corrected chi connectivity index (χ2v) is 4.68. The van der Waals surface area contributed by atoms with E-state index in [1.807, 2.05) is 24.0 Å². The van der Waals surface area contributed by atoms with Crippen molar-refractivity contribution in [3.05, 3.63) is 23.8 Å². The second-order valence-electron chi connectivity index (χ2n) is 4.68. The van der Waals surface area contributed by atoms with Crippen LogP contribution >= 0.6 is 0 Å². The number of benzene rings is 1. The molecule has 1 aliphatic rings. The molecule has 1 saturated heterocycles. The van der Waals surface area contributed by atoms with Crippen LogP contribution in [0.4, 0.5) is 11.4 Å². The van der Waals surface area contributed by atoms with E-state index < -0.39 is 0 Å². The molecular weight excluding hydrogens is 244 g/mol. The number of carbonyl (C=O) groups is 2. The van der Waals surface area contributed by atoms with E-state index in [2.05, 4.69) is 10.6 Å². The number of anilines is 2. The molecule has 0 aromatic heterocycles. The summed E-state index contributed by atoms with van der Waals surface area (Å²) < 4.78 is 0. The molecule has 1 aromatic carbocycles. The zero-order valence-corrected chi connectivity index (χ0v) is 10.9. The molecule has 0 unspecified atom stereocenters. The van der Waals surface area contributed by atoms with E-state index in [0.717, 1.165) is 5.56 Å². The van der Waals surface area contributed by atoms with Crippen molar-refractivity contribution < 1.29 is 9.59 Å². The maximum Gasteiger partial charge on any atom is 0.238 e. The lowest BCUT2D eigenvalue weighted by Gasteiger charge is -2.25. The Bertz CT molecular complexity index is 501. The molecule has 0 radical (unpaired) electrons. The fourth-order valence-corrected chi connectivity index (χ4v) is 1.95. The first-order chi connectivity index (χ1) is 9.04. The molecular formula is C13H18N4O2. The Balaban J connectivity index is 1.90. The molecule has 6 nitrogen and oxygen atoms in total. The normalized spacial score (nSPS) is 15.9. The van der Waals surface area contributed by atoms with E-state index in [-0.39, 0.29) is 24.9 Å². The minimum absolute atomic E-state index is 0.0429. The highest BCUT2D eigenvalue weighted by atomic mass is 16.2. The van der Waals surface area contributed by atoms with Gasteiger partial charge in [0.1, 0.15) is 0 Å². The average molecular weight is 262 g/mol. The van der Waals surface area contributed by atoms with Gasteiger partial charge in [-0.1, -0.05) is 6.07 Å². The van der Waals surface area contributed by atoms with E-state index in [1.54, 1.807) is 6.07 Å². The lowest BCUT2D eigenvalue weighted by atomic mass is 10.2. The van der Waals surface area contributed by atoms with Crippen molar-refractivity contribution in [2.75, 3.05) is 37.2 Å². The molecule has 0 aliphatic carbocycles. The number of rotatable bonds is 3. The van der Waals surface area contributed by atoms with Crippen LogP contribution in [0.3, 0.4) is 0 Å². The molecule has 6 heteroatoms. The Morgan fingerprint density at radius 2 is 2.32 bits per heavy atom. The van der Waals surface area contributed by atoms with Gasteiger partial charge in [-0.15, -0.1) is 0 Å². The van der Waals surface area contributed by atoms with Gasteiger partial charge in [0.2, 0.25) is 11.8 Å². The summed E-state index contributed by atoms with van der Waals surface area (Å²) >= 11 is 0. The minimum Gasteiger partial charge on any atom is -0.398 e. The highest BCUT2D eigenvalue weighted by Crippen LogP contribution is 2.16. The summed E-state index contributed by atoms with van der Waals surface area (Å²) in [7, 11) is 0. The van der Waals surface area contributed by atoms with Gasteiger partial charge in [-0.05, 0) is 24.6 Å². The predicted octanol–water partition coefficient (Wildman–Crippen LogP) is -0.0525. The number of hydrogen-bond acceptors (Lipinski definition) is 4. The van der Waals surface area contributed by atoms with Gasteiger partial charge in [-0.25, -0.2) is 0 Å². The van der Waals surface area contributed by atoms with Crippen LogP contribution in [-0.2, 0) is 9.59 Å². The monoisotopic (exact) mass is 262 g/mol. The van der Waals surface area contributed by atoms with Gasteiger partial charge in [0.05, 0.1) is 13.1 Å². The molecule has 1 fully saturated rings. The Morgan fingerprint density at radius 1 is 1.53 bits per heavy atom. The van der Waals surface area contributed by atoms with E-state index in [0.29, 0.717) is 24.5 Å². The fourth-order valence-electron chi connectivity index (χ4n) is 1.95. The summed E-state index contributed by atoms with van der Waals surface area (Å²) in [5, 5.41) is 5.50. The van der Waals surface area contributed by atoms with Crippen LogP contribution in [0.2, 0.25) is 0 Å². The second kappa shape index (κ2) is 5.71. The standard InChI is InChI=1S/C13H18N4O2/c1-9-2-3-10(6-11(9)14)16-13(19)8-17-5-4-15-12(18)7-17/h2-3,6H,4-5,7-8,14H2,1H3,(H,15,18)(H,16,19). The van der Waals surface area contributed by atoms with Crippen molar-refractivity contribution >= 4 is 23.2 Å². The van der Waals surface area contributed by atoms with Crippen molar-refractivity contribution in [1.29, 1.82) is 0 Å². The van der Waals surface area contributed by atoms with Gasteiger partial charge >= 0.3 is 0 Å². The van der Waals surface area contributed by atoms with Crippen LogP contribution in [-0.4, -0.2) is 42.9 Å². The number of carbonyl (C=O) groups excluding carboxylic acids is 2. The van der Waals surface area contributed by atoms with Crippen LogP contribution in [0.25, 0.3) is 0 Å². The number of hydrogen-bond donors (Lipinski definition) is 3. The Kier molecular flexibility index (Phi) is 4.01. The third kappa shape index (κ3) is 3.69. The van der Waals surface area contributed by atoms with Crippen LogP contribution in [0.5, 0.6) is 0 Å². The first-order valence-electron chi connectivity index (χ1n) is 6.19. The smallest absolute Gasteiger partial charge is 0.238 e. The number of amides is 2. The number of nitrogens with one attached hydrogen (secondary N) is 2. The molecule has 2 amide bonds. The van der Waals surface area contributed by atoms with E-state index in [1.165, 1.54) is 0 Å². The molecule has 19 heavy (non-hydrogen) atoms. The number of nitrogens with zero attached hydrogens (tertiary/aromatic N) is 1. The van der Waals surface area contributed by atoms with Crippen molar-refractivity contribution in [2.24, 2.45) is 0 Å². The van der Waals surface area contributed by atoms with E-state index in [9.17, 15) is 9.59 Å². The van der Waals surface area contributed by atoms with Crippen LogP contribution in [0.1, 0.15) is 5.56 Å². The van der Waals surface area contributed by atoms with Gasteiger partial charge in [0.15, 0.2) is 0 Å². The zero-order chi connectivity index (χ0) is 13.8. The maximum absolute atomic E-state index is 11.9. The first-order valence-corrected chi connectivity index (χ1v) is 6.19. The van der Waals surface area contributed by atoms with Gasteiger partial charge in [0.25, 0.3) is 0 Å². The minimum atomic E-state index is -0.141. The van der Waals surface area contributed by atoms with Gasteiger partial charge < -0.3 is 16.4 Å².